The van der Waals surface area contributed by atoms with E-state index in [1.807, 2.05) is 4.90 Å². The summed E-state index contributed by atoms with van der Waals surface area (Å²) >= 11 is 5.96. The van der Waals surface area contributed by atoms with Crippen molar-refractivity contribution in [3.63, 3.8) is 0 Å². The number of β-amino-alcohol motifs (C(OH)–C–C–N with tert-alkyl or cyclic N) is 1. The SMILES string of the molecule is CC1(O)CN(c2cccc(C(=O)[O-])c2Cl)C1.[Li+]. The summed E-state index contributed by atoms with van der Waals surface area (Å²) in [5, 5.41) is 20.5. The summed E-state index contributed by atoms with van der Waals surface area (Å²) in [6.07, 6.45) is 0. The van der Waals surface area contributed by atoms with Gasteiger partial charge in [-0.2, -0.15) is 0 Å². The van der Waals surface area contributed by atoms with Crippen molar-refractivity contribution in [2.45, 2.75) is 12.5 Å². The van der Waals surface area contributed by atoms with Gasteiger partial charge in [0.2, 0.25) is 0 Å². The molecule has 2 rings (SSSR count). The van der Waals surface area contributed by atoms with Crippen molar-refractivity contribution in [2.75, 3.05) is 18.0 Å². The van der Waals surface area contributed by atoms with E-state index in [9.17, 15) is 15.0 Å². The summed E-state index contributed by atoms with van der Waals surface area (Å²) in [5.74, 6) is -1.29. The largest absolute Gasteiger partial charge is 1.00 e. The molecule has 86 valence electrons. The fourth-order valence-corrected chi connectivity index (χ4v) is 2.19. The number of benzene rings is 1. The topological polar surface area (TPSA) is 63.6 Å². The van der Waals surface area contributed by atoms with Crippen LogP contribution in [0.2, 0.25) is 5.02 Å². The Labute approximate surface area is 116 Å². The van der Waals surface area contributed by atoms with E-state index in [0.29, 0.717) is 18.8 Å². The maximum atomic E-state index is 10.8. The van der Waals surface area contributed by atoms with Gasteiger partial charge in [-0.15, -0.1) is 0 Å². The number of aromatic carboxylic acids is 1. The molecule has 0 saturated carbocycles. The molecule has 1 fully saturated rings. The van der Waals surface area contributed by atoms with Gasteiger partial charge in [-0.1, -0.05) is 23.7 Å². The van der Waals surface area contributed by atoms with Gasteiger partial charge >= 0.3 is 18.9 Å². The van der Waals surface area contributed by atoms with Crippen molar-refractivity contribution >= 4 is 23.3 Å². The molecule has 0 aliphatic carbocycles. The fraction of sp³-hybridized carbons (Fsp3) is 0.364. The fourth-order valence-electron chi connectivity index (χ4n) is 1.87. The maximum Gasteiger partial charge on any atom is 1.00 e. The van der Waals surface area contributed by atoms with E-state index >= 15 is 0 Å². The van der Waals surface area contributed by atoms with Gasteiger partial charge in [-0.3, -0.25) is 0 Å². The molecule has 0 amide bonds. The van der Waals surface area contributed by atoms with Crippen molar-refractivity contribution in [2.24, 2.45) is 0 Å². The van der Waals surface area contributed by atoms with Crippen LogP contribution in [0.15, 0.2) is 18.2 Å². The van der Waals surface area contributed by atoms with Crippen molar-refractivity contribution in [3.05, 3.63) is 28.8 Å². The molecule has 1 aromatic rings. The third-order valence-corrected chi connectivity index (χ3v) is 3.00. The average molecular weight is 248 g/mol. The van der Waals surface area contributed by atoms with Gasteiger partial charge in [0.15, 0.2) is 0 Å². The molecule has 0 atom stereocenters. The van der Waals surface area contributed by atoms with Crippen molar-refractivity contribution < 1.29 is 33.9 Å². The molecule has 1 aliphatic heterocycles. The van der Waals surface area contributed by atoms with E-state index in [1.165, 1.54) is 6.07 Å². The number of carbonyl (C=O) groups excluding carboxylic acids is 1. The van der Waals surface area contributed by atoms with Crippen LogP contribution in [0, 0.1) is 0 Å². The minimum Gasteiger partial charge on any atom is -0.545 e. The normalized spacial score (nSPS) is 17.0. The predicted molar refractivity (Wildman–Crippen MR) is 58.6 cm³/mol. The van der Waals surface area contributed by atoms with E-state index in [2.05, 4.69) is 0 Å². The molecule has 1 saturated heterocycles. The van der Waals surface area contributed by atoms with Crippen molar-refractivity contribution in [1.82, 2.24) is 0 Å². The molecule has 0 spiro atoms. The Kier molecular flexibility index (Phi) is 4.16. The number of rotatable bonds is 2. The Morgan fingerprint density at radius 3 is 2.59 bits per heavy atom. The third kappa shape index (κ3) is 2.78. The molecule has 6 heteroatoms. The van der Waals surface area contributed by atoms with Crippen LogP contribution in [0.4, 0.5) is 5.69 Å². The first-order valence-electron chi connectivity index (χ1n) is 4.88. The van der Waals surface area contributed by atoms with Crippen LogP contribution in [-0.2, 0) is 0 Å². The monoisotopic (exact) mass is 247 g/mol. The predicted octanol–water partition coefficient (Wildman–Crippen LogP) is -2.72. The number of carboxylic acid groups (broad SMARTS) is 1. The van der Waals surface area contributed by atoms with Crippen LogP contribution in [0.25, 0.3) is 0 Å². The smallest absolute Gasteiger partial charge is 0.545 e. The third-order valence-electron chi connectivity index (χ3n) is 2.60. The van der Waals surface area contributed by atoms with Gasteiger partial charge in [0.1, 0.15) is 0 Å². The number of hydrogen-bond donors (Lipinski definition) is 1. The van der Waals surface area contributed by atoms with Crippen LogP contribution < -0.4 is 28.9 Å². The zero-order chi connectivity index (χ0) is 11.9. The van der Waals surface area contributed by atoms with Gasteiger partial charge in [0.05, 0.1) is 22.3 Å². The summed E-state index contributed by atoms with van der Waals surface area (Å²) in [7, 11) is 0. The van der Waals surface area contributed by atoms with E-state index < -0.39 is 11.6 Å². The molecule has 0 unspecified atom stereocenters. The van der Waals surface area contributed by atoms with Gasteiger partial charge in [-0.25, -0.2) is 0 Å². The number of nitrogens with zero attached hydrogens (tertiary/aromatic N) is 1. The molecule has 0 aromatic heterocycles. The second-order valence-electron chi connectivity index (χ2n) is 4.28. The molecular formula is C11H11ClLiNO3. The van der Waals surface area contributed by atoms with Crippen LogP contribution in [-0.4, -0.2) is 29.8 Å². The molecule has 1 aliphatic rings. The van der Waals surface area contributed by atoms with E-state index in [-0.39, 0.29) is 29.4 Å². The molecule has 0 radical (unpaired) electrons. The zero-order valence-corrected chi connectivity index (χ0v) is 10.5. The molecule has 17 heavy (non-hydrogen) atoms. The molecule has 1 N–H and O–H groups in total. The Morgan fingerprint density at radius 1 is 1.53 bits per heavy atom. The summed E-state index contributed by atoms with van der Waals surface area (Å²) in [6.45, 7) is 2.62. The first-order chi connectivity index (χ1) is 7.41. The Balaban J connectivity index is 0.00000144. The quantitative estimate of drug-likeness (QED) is 0.577. The second-order valence-corrected chi connectivity index (χ2v) is 4.66. The number of anilines is 1. The van der Waals surface area contributed by atoms with E-state index in [4.69, 9.17) is 11.6 Å². The van der Waals surface area contributed by atoms with Gasteiger partial charge in [0, 0.05) is 18.7 Å². The summed E-state index contributed by atoms with van der Waals surface area (Å²) in [6, 6.07) is 4.74. The number of hydrogen-bond acceptors (Lipinski definition) is 4. The summed E-state index contributed by atoms with van der Waals surface area (Å²) < 4.78 is 0. The second kappa shape index (κ2) is 4.91. The summed E-state index contributed by atoms with van der Waals surface area (Å²) in [4.78, 5) is 12.6. The van der Waals surface area contributed by atoms with Gasteiger partial charge < -0.3 is 19.9 Å². The number of halogens is 1. The number of carbonyl (C=O) groups is 1. The maximum absolute atomic E-state index is 10.8. The molecule has 1 aromatic carbocycles. The minimum atomic E-state index is -1.29. The van der Waals surface area contributed by atoms with Crippen LogP contribution in [0.3, 0.4) is 0 Å². The van der Waals surface area contributed by atoms with Gasteiger partial charge in [0.25, 0.3) is 0 Å². The van der Waals surface area contributed by atoms with Crippen molar-refractivity contribution in [3.8, 4) is 0 Å². The Morgan fingerprint density at radius 2 is 2.12 bits per heavy atom. The Hall–Kier alpha value is -0.663. The average Bonchev–Trinajstić information content (AvgIpc) is 2.14. The molecule has 4 nitrogen and oxygen atoms in total. The first kappa shape index (κ1) is 14.4. The van der Waals surface area contributed by atoms with E-state index in [1.54, 1.807) is 19.1 Å². The standard InChI is InChI=1S/C11H12ClNO3.Li/c1-11(16)5-13(6-11)8-4-2-3-7(9(8)12)10(14)15;/h2-4,16H,5-6H2,1H3,(H,14,15);/q;+1/p-1. The summed E-state index contributed by atoms with van der Waals surface area (Å²) in [5.41, 5.74) is -0.124. The Bertz CT molecular complexity index is 442. The molecule has 0 bridgehead atoms. The van der Waals surface area contributed by atoms with Crippen molar-refractivity contribution in [1.29, 1.82) is 0 Å². The van der Waals surface area contributed by atoms with E-state index in [0.717, 1.165) is 0 Å². The first-order valence-corrected chi connectivity index (χ1v) is 5.26. The number of aliphatic hydroxyl groups is 1. The zero-order valence-electron chi connectivity index (χ0n) is 9.74. The minimum absolute atomic E-state index is 0. The molecule has 1 heterocycles. The van der Waals surface area contributed by atoms with Crippen LogP contribution in [0.1, 0.15) is 17.3 Å². The van der Waals surface area contributed by atoms with Gasteiger partial charge in [-0.05, 0) is 13.0 Å². The number of carboxylic acids is 1. The molecular weight excluding hydrogens is 237 g/mol. The van der Waals surface area contributed by atoms with Crippen LogP contribution >= 0.6 is 11.6 Å². The van der Waals surface area contributed by atoms with Crippen LogP contribution in [0.5, 0.6) is 0 Å².